The van der Waals surface area contributed by atoms with E-state index in [1.54, 1.807) is 5.38 Å². The summed E-state index contributed by atoms with van der Waals surface area (Å²) in [5.74, 6) is 0. The van der Waals surface area contributed by atoms with Crippen molar-refractivity contribution >= 4 is 27.3 Å². The summed E-state index contributed by atoms with van der Waals surface area (Å²) in [5, 5.41) is 28.5. The third kappa shape index (κ3) is 2.24. The summed E-state index contributed by atoms with van der Waals surface area (Å²) in [7, 11) is 0. The molecule has 1 aromatic heterocycles. The second-order valence-electron chi connectivity index (χ2n) is 2.22. The van der Waals surface area contributed by atoms with E-state index in [1.165, 1.54) is 11.3 Å². The molecule has 0 saturated carbocycles. The number of aromatic nitrogens is 1. The van der Waals surface area contributed by atoms with Gasteiger partial charge in [-0.05, 0) is 15.9 Å². The maximum Gasteiger partial charge on any atom is 0.159 e. The van der Waals surface area contributed by atoms with Crippen molar-refractivity contribution in [1.29, 1.82) is 0 Å². The highest BCUT2D eigenvalue weighted by Gasteiger charge is 2.19. The van der Waals surface area contributed by atoms with Gasteiger partial charge in [-0.1, -0.05) is 0 Å². The van der Waals surface area contributed by atoms with Crippen LogP contribution < -0.4 is 0 Å². The van der Waals surface area contributed by atoms with Gasteiger partial charge in [0.1, 0.15) is 12.2 Å². The number of halogens is 1. The molecule has 3 N–H and O–H groups in total. The fraction of sp³-hybridized carbons (Fsp3) is 0.500. The Hall–Kier alpha value is -0.0100. The van der Waals surface area contributed by atoms with E-state index in [1.807, 2.05) is 0 Å². The fourth-order valence-electron chi connectivity index (χ4n) is 0.696. The van der Waals surface area contributed by atoms with Crippen LogP contribution in [0.15, 0.2) is 9.30 Å². The lowest BCUT2D eigenvalue weighted by atomic mass is 10.2. The monoisotopic (exact) mass is 253 g/mol. The molecule has 0 bridgehead atoms. The SMILES string of the molecule is OCC(O)C(O)c1csc(Br)n1. The maximum atomic E-state index is 9.32. The standard InChI is InChI=1S/C6H8BrNO3S/c7-6-8-3(2-12-6)5(11)4(10)1-9/h2,4-5,9-11H,1H2. The zero-order chi connectivity index (χ0) is 9.14. The predicted molar refractivity (Wildman–Crippen MR) is 47.9 cm³/mol. The lowest BCUT2D eigenvalue weighted by molar-refractivity contribution is -0.0170. The summed E-state index contributed by atoms with van der Waals surface area (Å²) in [6.45, 7) is -0.476. The Morgan fingerprint density at radius 2 is 2.25 bits per heavy atom. The molecule has 0 aliphatic carbocycles. The fourth-order valence-corrected chi connectivity index (χ4v) is 1.75. The normalized spacial score (nSPS) is 16.0. The van der Waals surface area contributed by atoms with Crippen molar-refractivity contribution < 1.29 is 15.3 Å². The molecular weight excluding hydrogens is 246 g/mol. The quantitative estimate of drug-likeness (QED) is 0.725. The summed E-state index contributed by atoms with van der Waals surface area (Å²) >= 11 is 4.44. The van der Waals surface area contributed by atoms with Gasteiger partial charge in [0.05, 0.1) is 12.3 Å². The van der Waals surface area contributed by atoms with Crippen molar-refractivity contribution in [2.45, 2.75) is 12.2 Å². The minimum Gasteiger partial charge on any atom is -0.394 e. The first kappa shape index (κ1) is 10.1. The zero-order valence-corrected chi connectivity index (χ0v) is 8.42. The molecule has 2 atom stereocenters. The summed E-state index contributed by atoms with van der Waals surface area (Å²) in [4.78, 5) is 3.89. The summed E-state index contributed by atoms with van der Waals surface area (Å²) in [5.41, 5.74) is 0.369. The van der Waals surface area contributed by atoms with Crippen LogP contribution >= 0.6 is 27.3 Å². The number of hydrogen-bond donors (Lipinski definition) is 3. The van der Waals surface area contributed by atoms with E-state index in [2.05, 4.69) is 20.9 Å². The summed E-state index contributed by atoms with van der Waals surface area (Å²) in [6.07, 6.45) is -2.28. The van der Waals surface area contributed by atoms with Gasteiger partial charge in [0.25, 0.3) is 0 Å². The minimum atomic E-state index is -1.17. The van der Waals surface area contributed by atoms with Crippen molar-refractivity contribution in [3.8, 4) is 0 Å². The maximum absolute atomic E-state index is 9.32. The topological polar surface area (TPSA) is 73.6 Å². The van der Waals surface area contributed by atoms with Crippen LogP contribution in [0.1, 0.15) is 11.8 Å². The largest absolute Gasteiger partial charge is 0.394 e. The molecule has 6 heteroatoms. The van der Waals surface area contributed by atoms with Gasteiger partial charge < -0.3 is 15.3 Å². The number of aliphatic hydroxyl groups excluding tert-OH is 3. The van der Waals surface area contributed by atoms with E-state index in [0.29, 0.717) is 9.61 Å². The molecule has 0 aliphatic rings. The molecule has 0 aromatic carbocycles. The van der Waals surface area contributed by atoms with Gasteiger partial charge in [-0.2, -0.15) is 0 Å². The van der Waals surface area contributed by atoms with Gasteiger partial charge in [0, 0.05) is 5.38 Å². The average Bonchev–Trinajstić information content (AvgIpc) is 2.49. The van der Waals surface area contributed by atoms with E-state index in [0.717, 1.165) is 0 Å². The average molecular weight is 254 g/mol. The highest BCUT2D eigenvalue weighted by atomic mass is 79.9. The zero-order valence-electron chi connectivity index (χ0n) is 6.01. The molecule has 4 nitrogen and oxygen atoms in total. The van der Waals surface area contributed by atoms with Crippen LogP contribution in [-0.2, 0) is 0 Å². The van der Waals surface area contributed by atoms with E-state index >= 15 is 0 Å². The lowest BCUT2D eigenvalue weighted by Crippen LogP contribution is -2.22. The van der Waals surface area contributed by atoms with E-state index in [9.17, 15) is 5.11 Å². The predicted octanol–water partition coefficient (Wildman–Crippen LogP) is 0.292. The highest BCUT2D eigenvalue weighted by molar-refractivity contribution is 9.11. The van der Waals surface area contributed by atoms with Crippen molar-refractivity contribution in [3.05, 3.63) is 15.0 Å². The summed E-state index contributed by atoms with van der Waals surface area (Å²) in [6, 6.07) is 0. The minimum absolute atomic E-state index is 0.369. The first-order valence-electron chi connectivity index (χ1n) is 3.23. The van der Waals surface area contributed by atoms with Crippen LogP contribution in [0.4, 0.5) is 0 Å². The van der Waals surface area contributed by atoms with Gasteiger partial charge in [0.15, 0.2) is 3.92 Å². The molecule has 0 spiro atoms. The molecule has 0 amide bonds. The Labute approximate surface area is 81.6 Å². The number of hydrogen-bond acceptors (Lipinski definition) is 5. The second kappa shape index (κ2) is 4.29. The first-order chi connectivity index (χ1) is 5.65. The Kier molecular flexibility index (Phi) is 3.60. The Morgan fingerprint density at radius 1 is 1.58 bits per heavy atom. The van der Waals surface area contributed by atoms with Crippen LogP contribution in [0.2, 0.25) is 0 Å². The number of aliphatic hydroxyl groups is 3. The molecular formula is C6H8BrNO3S. The third-order valence-electron chi connectivity index (χ3n) is 1.35. The van der Waals surface area contributed by atoms with Crippen LogP contribution in [0.5, 0.6) is 0 Å². The van der Waals surface area contributed by atoms with Crippen LogP contribution in [0.25, 0.3) is 0 Å². The Morgan fingerprint density at radius 3 is 2.67 bits per heavy atom. The van der Waals surface area contributed by atoms with Gasteiger partial charge >= 0.3 is 0 Å². The molecule has 0 saturated heterocycles. The van der Waals surface area contributed by atoms with Gasteiger partial charge in [-0.3, -0.25) is 0 Å². The molecule has 1 rings (SSSR count). The van der Waals surface area contributed by atoms with E-state index in [-0.39, 0.29) is 0 Å². The number of nitrogens with zero attached hydrogens (tertiary/aromatic N) is 1. The van der Waals surface area contributed by atoms with Gasteiger partial charge in [-0.15, -0.1) is 11.3 Å². The van der Waals surface area contributed by atoms with Crippen LogP contribution in [-0.4, -0.2) is 33.0 Å². The summed E-state index contributed by atoms with van der Waals surface area (Å²) < 4.78 is 0.640. The molecule has 0 fully saturated rings. The molecule has 0 aliphatic heterocycles. The lowest BCUT2D eigenvalue weighted by Gasteiger charge is -2.12. The van der Waals surface area contributed by atoms with Crippen LogP contribution in [0.3, 0.4) is 0 Å². The number of thiazole rings is 1. The second-order valence-corrected chi connectivity index (χ2v) is 4.35. The number of rotatable bonds is 3. The Balaban J connectivity index is 2.70. The van der Waals surface area contributed by atoms with Gasteiger partial charge in [-0.25, -0.2) is 4.98 Å². The molecule has 12 heavy (non-hydrogen) atoms. The molecule has 68 valence electrons. The smallest absolute Gasteiger partial charge is 0.159 e. The molecule has 1 aromatic rings. The third-order valence-corrected chi connectivity index (χ3v) is 2.73. The molecule has 0 radical (unpaired) electrons. The van der Waals surface area contributed by atoms with Crippen LogP contribution in [0, 0.1) is 0 Å². The Bertz CT molecular complexity index is 255. The van der Waals surface area contributed by atoms with Crippen molar-refractivity contribution in [2.75, 3.05) is 6.61 Å². The molecule has 1 heterocycles. The van der Waals surface area contributed by atoms with Crippen molar-refractivity contribution in [3.63, 3.8) is 0 Å². The first-order valence-corrected chi connectivity index (χ1v) is 4.90. The molecule has 2 unspecified atom stereocenters. The highest BCUT2D eigenvalue weighted by Crippen LogP contribution is 2.22. The van der Waals surface area contributed by atoms with E-state index in [4.69, 9.17) is 10.2 Å². The van der Waals surface area contributed by atoms with Crippen molar-refractivity contribution in [1.82, 2.24) is 4.98 Å². The van der Waals surface area contributed by atoms with E-state index < -0.39 is 18.8 Å². The van der Waals surface area contributed by atoms with Crippen molar-refractivity contribution in [2.24, 2.45) is 0 Å². The van der Waals surface area contributed by atoms with Gasteiger partial charge in [0.2, 0.25) is 0 Å².